The third kappa shape index (κ3) is 2.80. The van der Waals surface area contributed by atoms with Gasteiger partial charge in [-0.15, -0.1) is 0 Å². The average Bonchev–Trinajstić information content (AvgIpc) is 3.05. The lowest BCUT2D eigenvalue weighted by atomic mass is 9.93. The molecule has 116 valence electrons. The number of hydrogen-bond donors (Lipinski definition) is 1. The van der Waals surface area contributed by atoms with Crippen molar-refractivity contribution in [3.8, 4) is 0 Å². The van der Waals surface area contributed by atoms with E-state index in [4.69, 9.17) is 9.26 Å². The first-order chi connectivity index (χ1) is 9.91. The van der Waals surface area contributed by atoms with Crippen molar-refractivity contribution in [2.75, 3.05) is 7.11 Å². The van der Waals surface area contributed by atoms with Crippen molar-refractivity contribution in [2.45, 2.75) is 57.9 Å². The first-order valence-corrected chi connectivity index (χ1v) is 7.24. The Morgan fingerprint density at radius 2 is 1.95 bits per heavy atom. The molecule has 1 aromatic rings. The Hall–Kier alpha value is -1.85. The minimum Gasteiger partial charge on any atom is -0.467 e. The van der Waals surface area contributed by atoms with Gasteiger partial charge >= 0.3 is 5.97 Å². The second kappa shape index (κ2) is 5.87. The van der Waals surface area contributed by atoms with E-state index >= 15 is 0 Å². The van der Waals surface area contributed by atoms with Crippen LogP contribution in [0.15, 0.2) is 4.52 Å². The van der Waals surface area contributed by atoms with Gasteiger partial charge in [-0.05, 0) is 33.6 Å². The van der Waals surface area contributed by atoms with Crippen molar-refractivity contribution in [1.29, 1.82) is 0 Å². The number of aryl methyl sites for hydroxylation is 2. The number of carbonyl (C=O) groups is 2. The van der Waals surface area contributed by atoms with E-state index in [0.29, 0.717) is 24.3 Å². The van der Waals surface area contributed by atoms with Crippen molar-refractivity contribution < 1.29 is 18.8 Å². The van der Waals surface area contributed by atoms with Gasteiger partial charge in [0.1, 0.15) is 11.3 Å². The maximum Gasteiger partial charge on any atom is 0.331 e. The number of nitrogens with zero attached hydrogens (tertiary/aromatic N) is 1. The standard InChI is InChI=1S/C15H22N2O4/c1-9(12-10(2)17-21-11(12)3)13(18)16-15(14(19)20-4)7-5-6-8-15/h9H,5-8H2,1-4H3,(H,16,18). The molecule has 1 fully saturated rings. The smallest absolute Gasteiger partial charge is 0.331 e. The predicted molar refractivity (Wildman–Crippen MR) is 75.7 cm³/mol. The Kier molecular flexibility index (Phi) is 4.34. The van der Waals surface area contributed by atoms with Gasteiger partial charge in [-0.3, -0.25) is 4.79 Å². The molecule has 1 N–H and O–H groups in total. The number of aromatic nitrogens is 1. The van der Waals surface area contributed by atoms with Gasteiger partial charge in [0, 0.05) is 5.56 Å². The summed E-state index contributed by atoms with van der Waals surface area (Å²) >= 11 is 0. The molecular weight excluding hydrogens is 272 g/mol. The summed E-state index contributed by atoms with van der Waals surface area (Å²) in [6, 6.07) is 0. The first kappa shape index (κ1) is 15.5. The number of rotatable bonds is 4. The molecule has 1 aliphatic rings. The van der Waals surface area contributed by atoms with Crippen molar-refractivity contribution in [3.63, 3.8) is 0 Å². The van der Waals surface area contributed by atoms with E-state index in [1.165, 1.54) is 7.11 Å². The highest BCUT2D eigenvalue weighted by Gasteiger charge is 2.44. The molecule has 0 saturated heterocycles. The number of carbonyl (C=O) groups excluding carboxylic acids is 2. The lowest BCUT2D eigenvalue weighted by molar-refractivity contribution is -0.150. The van der Waals surface area contributed by atoms with E-state index in [0.717, 1.165) is 18.4 Å². The van der Waals surface area contributed by atoms with E-state index in [1.807, 2.05) is 0 Å². The summed E-state index contributed by atoms with van der Waals surface area (Å²) in [5.41, 5.74) is 0.609. The molecule has 0 spiro atoms. The van der Waals surface area contributed by atoms with Crippen LogP contribution in [0.4, 0.5) is 0 Å². The third-order valence-electron chi connectivity index (χ3n) is 4.31. The molecule has 0 aromatic carbocycles. The second-order valence-corrected chi connectivity index (χ2v) is 5.73. The quantitative estimate of drug-likeness (QED) is 0.859. The highest BCUT2D eigenvalue weighted by molar-refractivity contribution is 5.91. The normalized spacial score (nSPS) is 18.3. The number of esters is 1. The molecule has 1 amide bonds. The van der Waals surface area contributed by atoms with Gasteiger partial charge in [-0.2, -0.15) is 0 Å². The van der Waals surface area contributed by atoms with Crippen LogP contribution in [0.1, 0.15) is 55.5 Å². The minimum absolute atomic E-state index is 0.197. The zero-order valence-electron chi connectivity index (χ0n) is 13.0. The summed E-state index contributed by atoms with van der Waals surface area (Å²) in [6.07, 6.45) is 3.07. The van der Waals surface area contributed by atoms with Gasteiger partial charge in [0.15, 0.2) is 0 Å². The molecule has 1 heterocycles. The summed E-state index contributed by atoms with van der Waals surface area (Å²) in [5.74, 6) is -0.344. The summed E-state index contributed by atoms with van der Waals surface area (Å²) in [4.78, 5) is 24.6. The molecule has 0 aliphatic heterocycles. The molecule has 1 aliphatic carbocycles. The SMILES string of the molecule is COC(=O)C1(NC(=O)C(C)c2c(C)noc2C)CCCC1. The van der Waals surface area contributed by atoms with Gasteiger partial charge in [-0.25, -0.2) is 4.79 Å². The largest absolute Gasteiger partial charge is 0.467 e. The van der Waals surface area contributed by atoms with Gasteiger partial charge in [0.2, 0.25) is 5.91 Å². The van der Waals surface area contributed by atoms with Crippen molar-refractivity contribution in [1.82, 2.24) is 10.5 Å². The fourth-order valence-corrected chi connectivity index (χ4v) is 3.14. The van der Waals surface area contributed by atoms with E-state index < -0.39 is 11.5 Å². The molecule has 21 heavy (non-hydrogen) atoms. The summed E-state index contributed by atoms with van der Waals surface area (Å²) in [6.45, 7) is 5.38. The lowest BCUT2D eigenvalue weighted by Crippen LogP contribution is -2.54. The predicted octanol–water partition coefficient (Wildman–Crippen LogP) is 2.00. The van der Waals surface area contributed by atoms with Crippen molar-refractivity contribution in [3.05, 3.63) is 17.0 Å². The zero-order chi connectivity index (χ0) is 15.6. The third-order valence-corrected chi connectivity index (χ3v) is 4.31. The van der Waals surface area contributed by atoms with Gasteiger partial charge in [-0.1, -0.05) is 18.0 Å². The van der Waals surface area contributed by atoms with Crippen LogP contribution in [0.3, 0.4) is 0 Å². The number of hydrogen-bond acceptors (Lipinski definition) is 5. The van der Waals surface area contributed by atoms with Gasteiger partial charge in [0.25, 0.3) is 0 Å². The molecule has 1 aromatic heterocycles. The van der Waals surface area contributed by atoms with Crippen LogP contribution in [0, 0.1) is 13.8 Å². The van der Waals surface area contributed by atoms with Crippen LogP contribution in [0.5, 0.6) is 0 Å². The number of ether oxygens (including phenoxy) is 1. The van der Waals surface area contributed by atoms with Crippen molar-refractivity contribution >= 4 is 11.9 Å². The topological polar surface area (TPSA) is 81.4 Å². The van der Waals surface area contributed by atoms with Crippen LogP contribution < -0.4 is 5.32 Å². The maximum atomic E-state index is 12.5. The maximum absolute atomic E-state index is 12.5. The Bertz CT molecular complexity index is 524. The fourth-order valence-electron chi connectivity index (χ4n) is 3.14. The molecule has 6 heteroatoms. The first-order valence-electron chi connectivity index (χ1n) is 7.24. The Labute approximate surface area is 124 Å². The van der Waals surface area contributed by atoms with Crippen LogP contribution >= 0.6 is 0 Å². The van der Waals surface area contributed by atoms with Crippen LogP contribution in [-0.2, 0) is 14.3 Å². The lowest BCUT2D eigenvalue weighted by Gasteiger charge is -2.28. The molecule has 0 radical (unpaired) electrons. The Balaban J connectivity index is 2.18. The highest BCUT2D eigenvalue weighted by atomic mass is 16.5. The molecule has 2 rings (SSSR count). The molecule has 1 atom stereocenters. The van der Waals surface area contributed by atoms with Crippen LogP contribution in [0.2, 0.25) is 0 Å². The number of methoxy groups -OCH3 is 1. The van der Waals surface area contributed by atoms with Crippen molar-refractivity contribution in [2.24, 2.45) is 0 Å². The summed E-state index contributed by atoms with van der Waals surface area (Å²) < 4.78 is 9.98. The molecule has 6 nitrogen and oxygen atoms in total. The van der Waals surface area contributed by atoms with Crippen LogP contribution in [-0.4, -0.2) is 29.7 Å². The van der Waals surface area contributed by atoms with Gasteiger partial charge < -0.3 is 14.6 Å². The van der Waals surface area contributed by atoms with E-state index in [-0.39, 0.29) is 11.9 Å². The van der Waals surface area contributed by atoms with Gasteiger partial charge in [0.05, 0.1) is 18.7 Å². The zero-order valence-corrected chi connectivity index (χ0v) is 13.0. The molecule has 1 unspecified atom stereocenters. The average molecular weight is 294 g/mol. The fraction of sp³-hybridized carbons (Fsp3) is 0.667. The molecule has 0 bridgehead atoms. The molecule has 1 saturated carbocycles. The number of nitrogens with one attached hydrogen (secondary N) is 1. The van der Waals surface area contributed by atoms with E-state index in [9.17, 15) is 9.59 Å². The number of amides is 1. The van der Waals surface area contributed by atoms with E-state index in [1.54, 1.807) is 20.8 Å². The Morgan fingerprint density at radius 1 is 1.33 bits per heavy atom. The Morgan fingerprint density at radius 3 is 2.43 bits per heavy atom. The second-order valence-electron chi connectivity index (χ2n) is 5.73. The monoisotopic (exact) mass is 294 g/mol. The molecular formula is C15H22N2O4. The highest BCUT2D eigenvalue weighted by Crippen LogP contribution is 2.32. The van der Waals surface area contributed by atoms with Crippen LogP contribution in [0.25, 0.3) is 0 Å². The summed E-state index contributed by atoms with van der Waals surface area (Å²) in [7, 11) is 1.35. The minimum atomic E-state index is -0.876. The summed E-state index contributed by atoms with van der Waals surface area (Å²) in [5, 5.41) is 6.78. The van der Waals surface area contributed by atoms with E-state index in [2.05, 4.69) is 10.5 Å².